The van der Waals surface area contributed by atoms with E-state index in [9.17, 15) is 4.79 Å². The van der Waals surface area contributed by atoms with Crippen LogP contribution in [0.1, 0.15) is 32.3 Å². The van der Waals surface area contributed by atoms with E-state index in [2.05, 4.69) is 41.2 Å². The number of hydrogen-bond acceptors (Lipinski definition) is 4. The van der Waals surface area contributed by atoms with Gasteiger partial charge in [0.15, 0.2) is 0 Å². The van der Waals surface area contributed by atoms with E-state index in [4.69, 9.17) is 0 Å². The Hall–Kier alpha value is -1.69. The molecule has 6 heteroatoms. The van der Waals surface area contributed by atoms with Crippen LogP contribution in [0.5, 0.6) is 0 Å². The minimum Gasteiger partial charge on any atom is -0.312 e. The van der Waals surface area contributed by atoms with E-state index in [-0.39, 0.29) is 11.1 Å². The molecule has 0 aliphatic carbocycles. The molecule has 0 atom stereocenters. The average molecular weight is 249 g/mol. The number of aryl methyl sites for hydroxylation is 1. The second-order valence-corrected chi connectivity index (χ2v) is 5.47. The Morgan fingerprint density at radius 3 is 2.78 bits per heavy atom. The Morgan fingerprint density at radius 1 is 1.39 bits per heavy atom. The van der Waals surface area contributed by atoms with Gasteiger partial charge in [-0.1, -0.05) is 0 Å². The Bertz CT molecular complexity index is 605. The van der Waals surface area contributed by atoms with Gasteiger partial charge in [0.2, 0.25) is 0 Å². The second kappa shape index (κ2) is 4.53. The highest BCUT2D eigenvalue weighted by Gasteiger charge is 2.10. The lowest BCUT2D eigenvalue weighted by Crippen LogP contribution is -2.37. The van der Waals surface area contributed by atoms with Crippen molar-refractivity contribution < 1.29 is 0 Å². The minimum absolute atomic E-state index is 0.0810. The van der Waals surface area contributed by atoms with Gasteiger partial charge in [0.05, 0.1) is 0 Å². The predicted molar refractivity (Wildman–Crippen MR) is 69.8 cm³/mol. The Morgan fingerprint density at radius 2 is 2.11 bits per heavy atom. The maximum atomic E-state index is 11.7. The number of aromatic nitrogens is 4. The number of rotatable bonds is 3. The molecule has 0 amide bonds. The molecule has 2 aromatic heterocycles. The molecule has 0 aliphatic heterocycles. The molecule has 2 heterocycles. The van der Waals surface area contributed by atoms with E-state index < -0.39 is 0 Å². The highest BCUT2D eigenvalue weighted by Crippen LogP contribution is 2.00. The molecule has 0 bridgehead atoms. The van der Waals surface area contributed by atoms with Gasteiger partial charge in [-0.3, -0.25) is 9.89 Å². The van der Waals surface area contributed by atoms with E-state index in [1.165, 1.54) is 10.6 Å². The molecular formula is C12H19N5O. The topological polar surface area (TPSA) is 75.1 Å². The minimum atomic E-state index is -0.125. The lowest BCUT2D eigenvalue weighted by molar-refractivity contribution is 0.427. The third-order valence-electron chi connectivity index (χ3n) is 2.52. The van der Waals surface area contributed by atoms with Crippen molar-refractivity contribution in [3.8, 4) is 0 Å². The molecule has 0 fully saturated rings. The molecule has 0 unspecified atom stereocenters. The van der Waals surface area contributed by atoms with E-state index in [1.54, 1.807) is 6.92 Å². The summed E-state index contributed by atoms with van der Waals surface area (Å²) in [6.07, 6.45) is 0.735. The van der Waals surface area contributed by atoms with Gasteiger partial charge in [-0.15, -0.1) is 0 Å². The molecule has 0 saturated heterocycles. The smallest absolute Gasteiger partial charge is 0.274 e. The second-order valence-electron chi connectivity index (χ2n) is 5.47. The Labute approximate surface area is 105 Å². The van der Waals surface area contributed by atoms with Crippen LogP contribution < -0.4 is 10.9 Å². The lowest BCUT2D eigenvalue weighted by Gasteiger charge is -2.19. The van der Waals surface area contributed by atoms with Gasteiger partial charge in [0.25, 0.3) is 11.3 Å². The first kappa shape index (κ1) is 12.8. The molecule has 18 heavy (non-hydrogen) atoms. The van der Waals surface area contributed by atoms with E-state index in [1.807, 2.05) is 0 Å². The summed E-state index contributed by atoms with van der Waals surface area (Å²) in [6, 6.07) is 1.49. The van der Waals surface area contributed by atoms with Crippen LogP contribution >= 0.6 is 0 Å². The van der Waals surface area contributed by atoms with Crippen LogP contribution in [0.15, 0.2) is 10.9 Å². The van der Waals surface area contributed by atoms with Crippen molar-refractivity contribution in [1.29, 1.82) is 0 Å². The number of nitrogens with zero attached hydrogens (tertiary/aromatic N) is 3. The van der Waals surface area contributed by atoms with Crippen LogP contribution in [0.25, 0.3) is 5.78 Å². The first-order valence-electron chi connectivity index (χ1n) is 6.05. The zero-order valence-corrected chi connectivity index (χ0v) is 11.2. The number of fused-ring (bicyclic) bond motifs is 1. The summed E-state index contributed by atoms with van der Waals surface area (Å²) >= 11 is 0. The Kier molecular flexibility index (Phi) is 3.21. The highest BCUT2D eigenvalue weighted by molar-refractivity contribution is 5.27. The van der Waals surface area contributed by atoms with E-state index in [0.717, 1.165) is 18.8 Å². The third-order valence-corrected chi connectivity index (χ3v) is 2.52. The van der Waals surface area contributed by atoms with Crippen LogP contribution in [0.4, 0.5) is 0 Å². The fourth-order valence-electron chi connectivity index (χ4n) is 1.70. The van der Waals surface area contributed by atoms with Gasteiger partial charge in [0.1, 0.15) is 5.82 Å². The van der Waals surface area contributed by atoms with Gasteiger partial charge in [0, 0.05) is 30.3 Å². The molecule has 0 radical (unpaired) electrons. The van der Waals surface area contributed by atoms with Crippen molar-refractivity contribution >= 4 is 5.78 Å². The quantitative estimate of drug-likeness (QED) is 0.838. The predicted octanol–water partition coefficient (Wildman–Crippen LogP) is 0.657. The fraction of sp³-hybridized carbons (Fsp3) is 0.583. The molecule has 2 N–H and O–H groups in total. The van der Waals surface area contributed by atoms with Crippen LogP contribution in [-0.2, 0) is 6.42 Å². The summed E-state index contributed by atoms with van der Waals surface area (Å²) in [6.45, 7) is 8.93. The summed E-state index contributed by atoms with van der Waals surface area (Å²) in [4.78, 5) is 20.2. The summed E-state index contributed by atoms with van der Waals surface area (Å²) in [5.41, 5.74) is 0.642. The zero-order valence-electron chi connectivity index (χ0n) is 11.2. The van der Waals surface area contributed by atoms with Crippen molar-refractivity contribution in [1.82, 2.24) is 24.9 Å². The molecule has 0 spiro atoms. The first-order chi connectivity index (χ1) is 8.35. The van der Waals surface area contributed by atoms with E-state index in [0.29, 0.717) is 11.5 Å². The summed E-state index contributed by atoms with van der Waals surface area (Å²) in [7, 11) is 0. The molecule has 2 aromatic rings. The van der Waals surface area contributed by atoms with Gasteiger partial charge >= 0.3 is 0 Å². The molecule has 0 saturated carbocycles. The molecule has 98 valence electrons. The van der Waals surface area contributed by atoms with Crippen molar-refractivity contribution in [2.45, 2.75) is 39.7 Å². The van der Waals surface area contributed by atoms with Gasteiger partial charge in [-0.2, -0.15) is 9.50 Å². The van der Waals surface area contributed by atoms with Crippen molar-refractivity contribution in [3.63, 3.8) is 0 Å². The zero-order chi connectivity index (χ0) is 13.3. The molecular weight excluding hydrogens is 230 g/mol. The average Bonchev–Trinajstić information content (AvgIpc) is 2.58. The maximum Gasteiger partial charge on any atom is 0.274 e. The van der Waals surface area contributed by atoms with Crippen LogP contribution in [0.3, 0.4) is 0 Å². The first-order valence-corrected chi connectivity index (χ1v) is 6.05. The van der Waals surface area contributed by atoms with Gasteiger partial charge < -0.3 is 5.32 Å². The fourth-order valence-corrected chi connectivity index (χ4v) is 1.70. The standard InChI is InChI=1S/C12H19N5O/c1-8-7-10(18)17-11(14-8)15-9(16-17)5-6-13-12(2,3)4/h7,13H,5-6H2,1-4H3,(H,14,15,16). The number of aromatic amines is 1. The van der Waals surface area contributed by atoms with Crippen LogP contribution in [-0.4, -0.2) is 31.7 Å². The highest BCUT2D eigenvalue weighted by atomic mass is 16.1. The number of nitrogens with one attached hydrogen (secondary N) is 2. The molecule has 2 rings (SSSR count). The van der Waals surface area contributed by atoms with Crippen LogP contribution in [0, 0.1) is 6.92 Å². The van der Waals surface area contributed by atoms with Crippen molar-refractivity contribution in [2.75, 3.05) is 6.54 Å². The molecule has 0 aromatic carbocycles. The maximum absolute atomic E-state index is 11.7. The molecule has 6 nitrogen and oxygen atoms in total. The van der Waals surface area contributed by atoms with Crippen molar-refractivity contribution in [3.05, 3.63) is 27.9 Å². The monoisotopic (exact) mass is 249 g/mol. The lowest BCUT2D eigenvalue weighted by atomic mass is 10.1. The third kappa shape index (κ3) is 2.95. The summed E-state index contributed by atoms with van der Waals surface area (Å²) < 4.78 is 1.37. The molecule has 0 aliphatic rings. The van der Waals surface area contributed by atoms with Gasteiger partial charge in [-0.05, 0) is 27.7 Å². The largest absolute Gasteiger partial charge is 0.312 e. The van der Waals surface area contributed by atoms with Gasteiger partial charge in [-0.25, -0.2) is 4.98 Å². The van der Waals surface area contributed by atoms with Crippen molar-refractivity contribution in [2.24, 2.45) is 0 Å². The van der Waals surface area contributed by atoms with E-state index >= 15 is 0 Å². The number of hydrogen-bond donors (Lipinski definition) is 2. The summed E-state index contributed by atoms with van der Waals surface area (Å²) in [5, 5.41) is 6.34. The Balaban J connectivity index is 2.16. The normalized spacial score (nSPS) is 12.2. The number of H-pyrrole nitrogens is 1. The SMILES string of the molecule is Cc1cc(=O)n2[nH]c(CCNC(C)(C)C)nc2n1. The summed E-state index contributed by atoms with van der Waals surface area (Å²) in [5.74, 6) is 1.20. The van der Waals surface area contributed by atoms with Crippen LogP contribution in [0.2, 0.25) is 0 Å².